The minimum Gasteiger partial charge on any atom is -0.379 e. The number of thiazole rings is 1. The number of hydrogen-bond acceptors (Lipinski definition) is 6. The van der Waals surface area contributed by atoms with E-state index in [0.717, 1.165) is 34.7 Å². The highest BCUT2D eigenvalue weighted by Gasteiger charge is 2.32. The van der Waals surface area contributed by atoms with Gasteiger partial charge in [-0.15, -0.1) is 17.3 Å². The summed E-state index contributed by atoms with van der Waals surface area (Å²) < 4.78 is 0. The van der Waals surface area contributed by atoms with E-state index in [4.69, 9.17) is 5.73 Å². The molecule has 6 heteroatoms. The largest absolute Gasteiger partial charge is 0.379 e. The molecule has 2 N–H and O–H groups in total. The van der Waals surface area contributed by atoms with Gasteiger partial charge in [0.1, 0.15) is 10.5 Å². The molecule has 0 amide bonds. The normalized spacial score (nSPS) is 20.5. The molecular weight excluding hydrogens is 324 g/mol. The quantitative estimate of drug-likeness (QED) is 0.870. The van der Waals surface area contributed by atoms with Crippen LogP contribution >= 0.6 is 23.1 Å². The monoisotopic (exact) mass is 342 g/mol. The fourth-order valence-corrected chi connectivity index (χ4v) is 4.52. The van der Waals surface area contributed by atoms with E-state index in [9.17, 15) is 0 Å². The molecule has 2 aromatic rings. The standard InChI is InChI=1S/C17H18N4S2/c1-3-4-12-7-13(10-19-9-12)8-14-11-20-15(23-14)17(2)5-6-22-16(18)21-17/h7,9-11H,5-6,8H2,1-2H3,(H2,18,21)/t17-/m0/s1. The first-order valence-corrected chi connectivity index (χ1v) is 9.19. The van der Waals surface area contributed by atoms with E-state index in [-0.39, 0.29) is 5.54 Å². The lowest BCUT2D eigenvalue weighted by atomic mass is 10.0. The second-order valence-electron chi connectivity index (χ2n) is 5.59. The molecule has 2 aromatic heterocycles. The molecule has 0 radical (unpaired) electrons. The van der Waals surface area contributed by atoms with Gasteiger partial charge in [-0.25, -0.2) is 9.98 Å². The molecular formula is C17H18N4S2. The van der Waals surface area contributed by atoms with E-state index in [0.29, 0.717) is 5.17 Å². The van der Waals surface area contributed by atoms with Gasteiger partial charge in [0, 0.05) is 41.2 Å². The third kappa shape index (κ3) is 3.74. The summed E-state index contributed by atoms with van der Waals surface area (Å²) in [5, 5.41) is 1.69. The smallest absolute Gasteiger partial charge is 0.154 e. The Hall–Kier alpha value is -1.84. The molecule has 0 aromatic carbocycles. The van der Waals surface area contributed by atoms with Crippen molar-refractivity contribution >= 4 is 28.3 Å². The highest BCUT2D eigenvalue weighted by Crippen LogP contribution is 2.37. The summed E-state index contributed by atoms with van der Waals surface area (Å²) in [7, 11) is 0. The van der Waals surface area contributed by atoms with Crippen LogP contribution in [-0.2, 0) is 12.0 Å². The van der Waals surface area contributed by atoms with Crippen molar-refractivity contribution in [1.29, 1.82) is 0 Å². The van der Waals surface area contributed by atoms with Crippen molar-refractivity contribution in [3.8, 4) is 11.8 Å². The maximum atomic E-state index is 5.89. The molecule has 4 nitrogen and oxygen atoms in total. The number of thioether (sulfide) groups is 1. The number of nitrogens with zero attached hydrogens (tertiary/aromatic N) is 3. The molecule has 0 spiro atoms. The molecule has 118 valence electrons. The van der Waals surface area contributed by atoms with Crippen molar-refractivity contribution in [2.75, 3.05) is 5.75 Å². The SMILES string of the molecule is CC#Cc1cncc(Cc2cnc([C@]3(C)CCSC(N)=N3)s2)c1. The van der Waals surface area contributed by atoms with E-state index >= 15 is 0 Å². The second kappa shape index (κ2) is 6.73. The zero-order valence-electron chi connectivity index (χ0n) is 13.2. The van der Waals surface area contributed by atoms with Gasteiger partial charge in [0.25, 0.3) is 0 Å². The summed E-state index contributed by atoms with van der Waals surface area (Å²) in [5.41, 5.74) is 7.70. The summed E-state index contributed by atoms with van der Waals surface area (Å²) in [5.74, 6) is 6.93. The summed E-state index contributed by atoms with van der Waals surface area (Å²) in [4.78, 5) is 14.7. The predicted octanol–water partition coefficient (Wildman–Crippen LogP) is 3.17. The van der Waals surface area contributed by atoms with E-state index in [2.05, 4.69) is 39.8 Å². The molecule has 0 fully saturated rings. The van der Waals surface area contributed by atoms with Gasteiger partial charge in [-0.05, 0) is 31.9 Å². The van der Waals surface area contributed by atoms with Gasteiger partial charge in [-0.3, -0.25) is 4.98 Å². The van der Waals surface area contributed by atoms with E-state index < -0.39 is 0 Å². The molecule has 0 aliphatic carbocycles. The minimum atomic E-state index is -0.286. The first-order valence-electron chi connectivity index (χ1n) is 7.39. The van der Waals surface area contributed by atoms with Gasteiger partial charge < -0.3 is 5.73 Å². The van der Waals surface area contributed by atoms with Crippen LogP contribution in [0.15, 0.2) is 29.6 Å². The van der Waals surface area contributed by atoms with Crippen LogP contribution in [0.4, 0.5) is 0 Å². The molecule has 0 saturated carbocycles. The maximum absolute atomic E-state index is 5.89. The Kier molecular flexibility index (Phi) is 4.69. The summed E-state index contributed by atoms with van der Waals surface area (Å²) in [6, 6.07) is 2.08. The summed E-state index contributed by atoms with van der Waals surface area (Å²) in [6.07, 6.45) is 7.39. The number of amidine groups is 1. The van der Waals surface area contributed by atoms with Crippen molar-refractivity contribution in [2.45, 2.75) is 32.2 Å². The first kappa shape index (κ1) is 16.0. The van der Waals surface area contributed by atoms with E-state index in [1.807, 2.05) is 19.3 Å². The molecule has 3 heterocycles. The number of pyridine rings is 1. The van der Waals surface area contributed by atoms with Crippen molar-refractivity contribution in [1.82, 2.24) is 9.97 Å². The Labute approximate surface area is 144 Å². The van der Waals surface area contributed by atoms with Gasteiger partial charge in [0.05, 0.1) is 0 Å². The Morgan fingerprint density at radius 1 is 1.35 bits per heavy atom. The van der Waals surface area contributed by atoms with Crippen LogP contribution in [0.25, 0.3) is 0 Å². The van der Waals surface area contributed by atoms with Crippen molar-refractivity contribution in [3.63, 3.8) is 0 Å². The van der Waals surface area contributed by atoms with E-state index in [1.165, 1.54) is 4.88 Å². The lowest BCUT2D eigenvalue weighted by molar-refractivity contribution is 0.479. The lowest BCUT2D eigenvalue weighted by Gasteiger charge is -2.26. The topological polar surface area (TPSA) is 64.2 Å². The van der Waals surface area contributed by atoms with Crippen LogP contribution in [0.2, 0.25) is 0 Å². The molecule has 23 heavy (non-hydrogen) atoms. The highest BCUT2D eigenvalue weighted by atomic mass is 32.2. The molecule has 0 bridgehead atoms. The van der Waals surface area contributed by atoms with Gasteiger partial charge in [-0.1, -0.05) is 17.7 Å². The summed E-state index contributed by atoms with van der Waals surface area (Å²) >= 11 is 3.32. The van der Waals surface area contributed by atoms with Crippen LogP contribution in [0.3, 0.4) is 0 Å². The predicted molar refractivity (Wildman–Crippen MR) is 97.8 cm³/mol. The Morgan fingerprint density at radius 2 is 2.22 bits per heavy atom. The highest BCUT2D eigenvalue weighted by molar-refractivity contribution is 8.13. The average Bonchev–Trinajstić information content (AvgIpc) is 2.97. The lowest BCUT2D eigenvalue weighted by Crippen LogP contribution is -2.28. The minimum absolute atomic E-state index is 0.286. The average molecular weight is 342 g/mol. The summed E-state index contributed by atoms with van der Waals surface area (Å²) in [6.45, 7) is 3.94. The molecule has 0 saturated heterocycles. The first-order chi connectivity index (χ1) is 11.1. The molecule has 0 unspecified atom stereocenters. The number of aromatic nitrogens is 2. The third-order valence-electron chi connectivity index (χ3n) is 3.65. The van der Waals surface area contributed by atoms with Gasteiger partial charge in [0.15, 0.2) is 5.17 Å². The zero-order valence-corrected chi connectivity index (χ0v) is 14.8. The van der Waals surface area contributed by atoms with Crippen molar-refractivity contribution < 1.29 is 0 Å². The Balaban J connectivity index is 1.81. The van der Waals surface area contributed by atoms with Crippen LogP contribution in [-0.4, -0.2) is 20.9 Å². The number of nitrogens with two attached hydrogens (primary N) is 1. The zero-order chi connectivity index (χ0) is 16.3. The van der Waals surface area contributed by atoms with Crippen LogP contribution in [0.5, 0.6) is 0 Å². The van der Waals surface area contributed by atoms with Gasteiger partial charge in [0.2, 0.25) is 0 Å². The van der Waals surface area contributed by atoms with Crippen LogP contribution < -0.4 is 5.73 Å². The molecule has 1 aliphatic rings. The second-order valence-corrected chi connectivity index (χ2v) is 7.82. The third-order valence-corrected chi connectivity index (χ3v) is 5.70. The van der Waals surface area contributed by atoms with Gasteiger partial charge >= 0.3 is 0 Å². The van der Waals surface area contributed by atoms with Gasteiger partial charge in [-0.2, -0.15) is 0 Å². The van der Waals surface area contributed by atoms with Crippen LogP contribution in [0.1, 0.15) is 41.3 Å². The Bertz CT molecular complexity index is 800. The fraction of sp³-hybridized carbons (Fsp3) is 0.353. The number of hydrogen-bond donors (Lipinski definition) is 1. The maximum Gasteiger partial charge on any atom is 0.154 e. The van der Waals surface area contributed by atoms with E-state index in [1.54, 1.807) is 29.3 Å². The number of rotatable bonds is 3. The molecule has 1 atom stereocenters. The fourth-order valence-electron chi connectivity index (χ4n) is 2.48. The molecule has 3 rings (SSSR count). The molecule has 1 aliphatic heterocycles. The number of aliphatic imine (C=N–C) groups is 1. The van der Waals surface area contributed by atoms with Crippen molar-refractivity contribution in [3.05, 3.63) is 45.7 Å². The Morgan fingerprint density at radius 3 is 3.00 bits per heavy atom. The van der Waals surface area contributed by atoms with Crippen molar-refractivity contribution in [2.24, 2.45) is 10.7 Å². The van der Waals surface area contributed by atoms with Crippen LogP contribution in [0, 0.1) is 11.8 Å².